The van der Waals surface area contributed by atoms with Gasteiger partial charge in [-0.2, -0.15) is 0 Å². The average molecular weight is 278 g/mol. The summed E-state index contributed by atoms with van der Waals surface area (Å²) in [5.74, 6) is -0.320. The van der Waals surface area contributed by atoms with Crippen LogP contribution in [0.2, 0.25) is 0 Å². The minimum atomic E-state index is -0.320. The van der Waals surface area contributed by atoms with Crippen LogP contribution in [0.25, 0.3) is 0 Å². The quantitative estimate of drug-likeness (QED) is 0.436. The van der Waals surface area contributed by atoms with E-state index in [0.717, 1.165) is 13.1 Å². The molecule has 20 heavy (non-hydrogen) atoms. The fraction of sp³-hybridized carbons (Fsp3) is 0.500. The van der Waals surface area contributed by atoms with Gasteiger partial charge in [0, 0.05) is 13.6 Å². The number of hydrogen-bond donors (Lipinski definition) is 0. The molecular weight excluding hydrogens is 256 g/mol. The standard InChI is InChI=1S/C14H22N4O2/c1-5-20-14(19)12-6-8-13(9-7-12)15-16-18(4)11-10-17(2)3/h6-9H,5,10-11H2,1-4H3. The number of hydrogen-bond acceptors (Lipinski definition) is 5. The van der Waals surface area contributed by atoms with Crippen LogP contribution in [-0.4, -0.2) is 56.7 Å². The van der Waals surface area contributed by atoms with Crippen molar-refractivity contribution in [3.63, 3.8) is 0 Å². The van der Waals surface area contributed by atoms with Gasteiger partial charge in [-0.15, -0.1) is 5.11 Å². The van der Waals surface area contributed by atoms with Crippen molar-refractivity contribution in [2.45, 2.75) is 6.92 Å². The van der Waals surface area contributed by atoms with Gasteiger partial charge in [0.25, 0.3) is 0 Å². The number of nitrogens with zero attached hydrogens (tertiary/aromatic N) is 4. The first-order chi connectivity index (χ1) is 9.52. The molecule has 0 atom stereocenters. The third-order valence-electron chi connectivity index (χ3n) is 2.56. The number of ether oxygens (including phenoxy) is 1. The Kier molecular flexibility index (Phi) is 6.66. The number of likely N-dealkylation sites (N-methyl/N-ethyl adjacent to an activating group) is 2. The maximum atomic E-state index is 11.5. The van der Waals surface area contributed by atoms with E-state index in [9.17, 15) is 4.79 Å². The third kappa shape index (κ3) is 5.79. The highest BCUT2D eigenvalue weighted by Gasteiger charge is 2.05. The van der Waals surface area contributed by atoms with Gasteiger partial charge in [-0.1, -0.05) is 5.22 Å². The highest BCUT2D eigenvalue weighted by Crippen LogP contribution is 2.14. The van der Waals surface area contributed by atoms with Crippen molar-refractivity contribution in [1.82, 2.24) is 9.91 Å². The summed E-state index contributed by atoms with van der Waals surface area (Å²) in [5, 5.41) is 9.98. The first-order valence-corrected chi connectivity index (χ1v) is 6.57. The summed E-state index contributed by atoms with van der Waals surface area (Å²) in [6.07, 6.45) is 0. The molecular formula is C14H22N4O2. The number of carbonyl (C=O) groups is 1. The molecule has 6 nitrogen and oxygen atoms in total. The first-order valence-electron chi connectivity index (χ1n) is 6.57. The maximum Gasteiger partial charge on any atom is 0.338 e. The molecule has 0 aliphatic carbocycles. The van der Waals surface area contributed by atoms with Gasteiger partial charge in [0.1, 0.15) is 0 Å². The summed E-state index contributed by atoms with van der Waals surface area (Å²) in [7, 11) is 5.90. The van der Waals surface area contributed by atoms with E-state index >= 15 is 0 Å². The van der Waals surface area contributed by atoms with E-state index < -0.39 is 0 Å². The molecule has 0 bridgehead atoms. The van der Waals surface area contributed by atoms with E-state index in [0.29, 0.717) is 17.9 Å². The SMILES string of the molecule is CCOC(=O)c1ccc(N=NN(C)CCN(C)C)cc1. The van der Waals surface area contributed by atoms with Crippen LogP contribution < -0.4 is 0 Å². The Balaban J connectivity index is 2.54. The molecule has 0 aliphatic rings. The number of benzene rings is 1. The molecule has 0 saturated carbocycles. The third-order valence-corrected chi connectivity index (χ3v) is 2.56. The minimum Gasteiger partial charge on any atom is -0.462 e. The summed E-state index contributed by atoms with van der Waals surface area (Å²) in [6, 6.07) is 6.86. The predicted octanol–water partition coefficient (Wildman–Crippen LogP) is 2.36. The Bertz CT molecular complexity index is 443. The molecule has 1 aromatic rings. The summed E-state index contributed by atoms with van der Waals surface area (Å²) >= 11 is 0. The van der Waals surface area contributed by atoms with E-state index in [2.05, 4.69) is 15.2 Å². The molecule has 0 N–H and O–H groups in total. The number of esters is 1. The van der Waals surface area contributed by atoms with Gasteiger partial charge in [-0.25, -0.2) is 4.79 Å². The number of rotatable bonds is 7. The van der Waals surface area contributed by atoms with Gasteiger partial charge in [0.15, 0.2) is 0 Å². The molecule has 1 rings (SSSR count). The van der Waals surface area contributed by atoms with E-state index in [-0.39, 0.29) is 5.97 Å². The lowest BCUT2D eigenvalue weighted by Crippen LogP contribution is -2.24. The van der Waals surface area contributed by atoms with Crippen molar-refractivity contribution in [1.29, 1.82) is 0 Å². The summed E-state index contributed by atoms with van der Waals surface area (Å²) in [5.41, 5.74) is 1.22. The van der Waals surface area contributed by atoms with Crippen LogP contribution in [0.15, 0.2) is 34.6 Å². The zero-order chi connectivity index (χ0) is 15.0. The first kappa shape index (κ1) is 16.1. The van der Waals surface area contributed by atoms with E-state index in [4.69, 9.17) is 4.74 Å². The smallest absolute Gasteiger partial charge is 0.338 e. The minimum absolute atomic E-state index is 0.320. The highest BCUT2D eigenvalue weighted by molar-refractivity contribution is 5.89. The van der Waals surface area contributed by atoms with Gasteiger partial charge in [0.05, 0.1) is 24.4 Å². The van der Waals surface area contributed by atoms with E-state index in [1.807, 2.05) is 21.1 Å². The van der Waals surface area contributed by atoms with Crippen molar-refractivity contribution in [3.05, 3.63) is 29.8 Å². The summed E-state index contributed by atoms with van der Waals surface area (Å²) in [6.45, 7) is 3.87. The van der Waals surface area contributed by atoms with Crippen molar-refractivity contribution < 1.29 is 9.53 Å². The van der Waals surface area contributed by atoms with Crippen LogP contribution in [0.3, 0.4) is 0 Å². The fourth-order valence-electron chi connectivity index (χ4n) is 1.40. The predicted molar refractivity (Wildman–Crippen MR) is 78.1 cm³/mol. The van der Waals surface area contributed by atoms with Crippen molar-refractivity contribution in [2.24, 2.45) is 10.3 Å². The lowest BCUT2D eigenvalue weighted by molar-refractivity contribution is 0.0526. The Morgan fingerprint density at radius 3 is 2.35 bits per heavy atom. The Labute approximate surface area is 120 Å². The van der Waals surface area contributed by atoms with Crippen molar-refractivity contribution in [2.75, 3.05) is 40.8 Å². The lowest BCUT2D eigenvalue weighted by Gasteiger charge is -2.14. The lowest BCUT2D eigenvalue weighted by atomic mass is 10.2. The average Bonchev–Trinajstić information content (AvgIpc) is 2.43. The monoisotopic (exact) mass is 278 g/mol. The molecule has 6 heteroatoms. The maximum absolute atomic E-state index is 11.5. The second-order valence-electron chi connectivity index (χ2n) is 4.64. The topological polar surface area (TPSA) is 57.5 Å². The zero-order valence-electron chi connectivity index (χ0n) is 12.5. The Morgan fingerprint density at radius 2 is 1.80 bits per heavy atom. The van der Waals surface area contributed by atoms with Crippen LogP contribution in [0.1, 0.15) is 17.3 Å². The molecule has 0 saturated heterocycles. The van der Waals surface area contributed by atoms with Crippen LogP contribution in [-0.2, 0) is 4.74 Å². The van der Waals surface area contributed by atoms with Crippen molar-refractivity contribution >= 4 is 11.7 Å². The van der Waals surface area contributed by atoms with Gasteiger partial charge in [-0.3, -0.25) is 5.01 Å². The van der Waals surface area contributed by atoms with Gasteiger partial charge < -0.3 is 9.64 Å². The normalized spacial score (nSPS) is 11.1. The Morgan fingerprint density at radius 1 is 1.15 bits per heavy atom. The molecule has 0 heterocycles. The Hall–Kier alpha value is -1.95. The van der Waals surface area contributed by atoms with E-state index in [1.54, 1.807) is 36.2 Å². The highest BCUT2D eigenvalue weighted by atomic mass is 16.5. The molecule has 0 aliphatic heterocycles. The molecule has 0 fully saturated rings. The fourth-order valence-corrected chi connectivity index (χ4v) is 1.40. The molecule has 1 aromatic carbocycles. The molecule has 0 aromatic heterocycles. The van der Waals surface area contributed by atoms with Crippen LogP contribution in [0, 0.1) is 0 Å². The molecule has 0 unspecified atom stereocenters. The summed E-state index contributed by atoms with van der Waals surface area (Å²) in [4.78, 5) is 13.6. The largest absolute Gasteiger partial charge is 0.462 e. The zero-order valence-corrected chi connectivity index (χ0v) is 12.5. The summed E-state index contributed by atoms with van der Waals surface area (Å²) < 4.78 is 4.91. The molecule has 0 amide bonds. The molecule has 0 radical (unpaired) electrons. The van der Waals surface area contributed by atoms with Crippen LogP contribution >= 0.6 is 0 Å². The number of carbonyl (C=O) groups excluding carboxylic acids is 1. The van der Waals surface area contributed by atoms with Gasteiger partial charge in [-0.05, 0) is 45.3 Å². The van der Waals surface area contributed by atoms with Crippen molar-refractivity contribution in [3.8, 4) is 0 Å². The van der Waals surface area contributed by atoms with Crippen LogP contribution in [0.5, 0.6) is 0 Å². The second kappa shape index (κ2) is 8.27. The molecule has 110 valence electrons. The van der Waals surface area contributed by atoms with Gasteiger partial charge in [0.2, 0.25) is 0 Å². The second-order valence-corrected chi connectivity index (χ2v) is 4.64. The van der Waals surface area contributed by atoms with E-state index in [1.165, 1.54) is 0 Å². The van der Waals surface area contributed by atoms with Gasteiger partial charge >= 0.3 is 5.97 Å². The molecule has 0 spiro atoms. The van der Waals surface area contributed by atoms with Crippen LogP contribution in [0.4, 0.5) is 5.69 Å².